The first-order valence-electron chi connectivity index (χ1n) is 5.18. The summed E-state index contributed by atoms with van der Waals surface area (Å²) in [6.45, 7) is 1.18. The summed E-state index contributed by atoms with van der Waals surface area (Å²) < 4.78 is 29.6. The van der Waals surface area contributed by atoms with Crippen LogP contribution in [-0.2, 0) is 19.6 Å². The number of ether oxygens (including phenoxy) is 1. The van der Waals surface area contributed by atoms with Gasteiger partial charge < -0.3 is 4.74 Å². The molecule has 0 amide bonds. The van der Waals surface area contributed by atoms with Crippen molar-refractivity contribution in [3.63, 3.8) is 0 Å². The van der Waals surface area contributed by atoms with Crippen molar-refractivity contribution in [2.24, 2.45) is 0 Å². The highest BCUT2D eigenvalue weighted by atomic mass is 32.2. The normalized spacial score (nSPS) is 18.3. The second-order valence-electron chi connectivity index (χ2n) is 3.51. The van der Waals surface area contributed by atoms with Crippen molar-refractivity contribution >= 4 is 27.8 Å². The number of methoxy groups -OCH3 is 1. The predicted molar refractivity (Wildman–Crippen MR) is 63.9 cm³/mol. The molecule has 1 saturated heterocycles. The van der Waals surface area contributed by atoms with E-state index in [2.05, 4.69) is 4.74 Å². The standard InChI is InChI=1S/C9H17NO4S2/c1-14-9(11)3-2-8-16(12,13)10-4-6-15-7-5-10/h2-8H2,1H3. The molecule has 0 aliphatic carbocycles. The first-order chi connectivity index (χ1) is 7.56. The van der Waals surface area contributed by atoms with Crippen LogP contribution in [0.1, 0.15) is 12.8 Å². The molecule has 0 aromatic heterocycles. The van der Waals surface area contributed by atoms with E-state index >= 15 is 0 Å². The number of rotatable bonds is 5. The number of hydrogen-bond acceptors (Lipinski definition) is 5. The summed E-state index contributed by atoms with van der Waals surface area (Å²) in [4.78, 5) is 10.8. The molecule has 0 spiro atoms. The van der Waals surface area contributed by atoms with Crippen LogP contribution in [0, 0.1) is 0 Å². The van der Waals surface area contributed by atoms with E-state index in [0.717, 1.165) is 11.5 Å². The average Bonchev–Trinajstić information content (AvgIpc) is 2.30. The maximum Gasteiger partial charge on any atom is 0.305 e. The maximum absolute atomic E-state index is 11.8. The Bertz CT molecular complexity index is 322. The predicted octanol–water partition coefficient (Wildman–Crippen LogP) is 0.318. The Balaban J connectivity index is 2.36. The molecule has 0 bridgehead atoms. The van der Waals surface area contributed by atoms with Crippen molar-refractivity contribution in [2.45, 2.75) is 12.8 Å². The summed E-state index contributed by atoms with van der Waals surface area (Å²) in [6, 6.07) is 0. The third kappa shape index (κ3) is 4.31. The van der Waals surface area contributed by atoms with Crippen LogP contribution in [0.3, 0.4) is 0 Å². The van der Waals surface area contributed by atoms with E-state index in [-0.39, 0.29) is 18.1 Å². The Kier molecular flexibility index (Phi) is 5.57. The van der Waals surface area contributed by atoms with Crippen LogP contribution in [0.15, 0.2) is 0 Å². The highest BCUT2D eigenvalue weighted by Crippen LogP contribution is 2.14. The van der Waals surface area contributed by atoms with Gasteiger partial charge in [0.05, 0.1) is 12.9 Å². The van der Waals surface area contributed by atoms with Crippen molar-refractivity contribution in [3.05, 3.63) is 0 Å². The number of carbonyl (C=O) groups is 1. The Morgan fingerprint density at radius 2 is 2.00 bits per heavy atom. The van der Waals surface area contributed by atoms with E-state index in [1.807, 2.05) is 0 Å². The van der Waals surface area contributed by atoms with Gasteiger partial charge in [-0.3, -0.25) is 4.79 Å². The molecule has 16 heavy (non-hydrogen) atoms. The zero-order chi connectivity index (χ0) is 12.0. The molecule has 0 saturated carbocycles. The van der Waals surface area contributed by atoms with Crippen LogP contribution in [0.4, 0.5) is 0 Å². The molecule has 1 heterocycles. The van der Waals surface area contributed by atoms with E-state index < -0.39 is 10.0 Å². The maximum atomic E-state index is 11.8. The number of thioether (sulfide) groups is 1. The largest absolute Gasteiger partial charge is 0.469 e. The third-order valence-corrected chi connectivity index (χ3v) is 5.27. The van der Waals surface area contributed by atoms with E-state index in [4.69, 9.17) is 0 Å². The van der Waals surface area contributed by atoms with Gasteiger partial charge in [0.2, 0.25) is 10.0 Å². The summed E-state index contributed by atoms with van der Waals surface area (Å²) in [6.07, 6.45) is 0.497. The van der Waals surface area contributed by atoms with Crippen molar-refractivity contribution < 1.29 is 17.9 Å². The van der Waals surface area contributed by atoms with Gasteiger partial charge in [-0.15, -0.1) is 0 Å². The fourth-order valence-corrected chi connectivity index (χ4v) is 4.10. The molecule has 0 unspecified atom stereocenters. The van der Waals surface area contributed by atoms with Crippen molar-refractivity contribution in [3.8, 4) is 0 Å². The second kappa shape index (κ2) is 6.46. The average molecular weight is 267 g/mol. The first-order valence-corrected chi connectivity index (χ1v) is 7.95. The molecule has 1 aliphatic rings. The van der Waals surface area contributed by atoms with Crippen molar-refractivity contribution in [1.29, 1.82) is 0 Å². The van der Waals surface area contributed by atoms with Gasteiger partial charge in [0.25, 0.3) is 0 Å². The molecule has 5 nitrogen and oxygen atoms in total. The SMILES string of the molecule is COC(=O)CCCS(=O)(=O)N1CCSCC1. The number of nitrogens with zero attached hydrogens (tertiary/aromatic N) is 1. The van der Waals surface area contributed by atoms with Crippen LogP contribution in [0.5, 0.6) is 0 Å². The van der Waals surface area contributed by atoms with Gasteiger partial charge in [-0.2, -0.15) is 11.8 Å². The lowest BCUT2D eigenvalue weighted by atomic mass is 10.3. The summed E-state index contributed by atoms with van der Waals surface area (Å²) in [5.74, 6) is 1.39. The summed E-state index contributed by atoms with van der Waals surface area (Å²) in [5, 5.41) is 0. The first kappa shape index (κ1) is 13.8. The highest BCUT2D eigenvalue weighted by molar-refractivity contribution is 7.99. The minimum Gasteiger partial charge on any atom is -0.469 e. The molecule has 0 aromatic rings. The lowest BCUT2D eigenvalue weighted by Gasteiger charge is -2.25. The fraction of sp³-hybridized carbons (Fsp3) is 0.889. The molecule has 0 radical (unpaired) electrons. The quantitative estimate of drug-likeness (QED) is 0.671. The topological polar surface area (TPSA) is 63.7 Å². The Morgan fingerprint density at radius 1 is 1.38 bits per heavy atom. The molecule has 1 rings (SSSR count). The monoisotopic (exact) mass is 267 g/mol. The van der Waals surface area contributed by atoms with Gasteiger partial charge in [-0.05, 0) is 6.42 Å². The lowest BCUT2D eigenvalue weighted by molar-refractivity contribution is -0.140. The molecule has 1 aliphatic heterocycles. The van der Waals surface area contributed by atoms with Gasteiger partial charge in [0, 0.05) is 31.0 Å². The highest BCUT2D eigenvalue weighted by Gasteiger charge is 2.23. The zero-order valence-electron chi connectivity index (χ0n) is 9.35. The van der Waals surface area contributed by atoms with E-state index in [1.54, 1.807) is 11.8 Å². The van der Waals surface area contributed by atoms with Crippen LogP contribution in [-0.4, -0.2) is 56.2 Å². The minimum atomic E-state index is -3.18. The van der Waals surface area contributed by atoms with Crippen LogP contribution < -0.4 is 0 Å². The van der Waals surface area contributed by atoms with Crippen LogP contribution in [0.25, 0.3) is 0 Å². The molecule has 0 aromatic carbocycles. The smallest absolute Gasteiger partial charge is 0.305 e. The van der Waals surface area contributed by atoms with Gasteiger partial charge in [0.1, 0.15) is 0 Å². The lowest BCUT2D eigenvalue weighted by Crippen LogP contribution is -2.39. The molecule has 0 atom stereocenters. The van der Waals surface area contributed by atoms with Gasteiger partial charge in [-0.25, -0.2) is 12.7 Å². The van der Waals surface area contributed by atoms with Crippen molar-refractivity contribution in [1.82, 2.24) is 4.31 Å². The Hall–Kier alpha value is -0.270. The van der Waals surface area contributed by atoms with Gasteiger partial charge in [0.15, 0.2) is 0 Å². The minimum absolute atomic E-state index is 0.0345. The van der Waals surface area contributed by atoms with Gasteiger partial charge in [-0.1, -0.05) is 0 Å². The van der Waals surface area contributed by atoms with Crippen molar-refractivity contribution in [2.75, 3.05) is 37.5 Å². The van der Waals surface area contributed by atoms with E-state index in [0.29, 0.717) is 19.5 Å². The Morgan fingerprint density at radius 3 is 2.56 bits per heavy atom. The fourth-order valence-electron chi connectivity index (χ4n) is 1.45. The second-order valence-corrected chi connectivity index (χ2v) is 6.82. The van der Waals surface area contributed by atoms with Gasteiger partial charge >= 0.3 is 5.97 Å². The summed E-state index contributed by atoms with van der Waals surface area (Å²) >= 11 is 1.77. The number of sulfonamides is 1. The number of hydrogen-bond donors (Lipinski definition) is 0. The zero-order valence-corrected chi connectivity index (χ0v) is 11.0. The van der Waals surface area contributed by atoms with Crippen LogP contribution >= 0.6 is 11.8 Å². The molecule has 94 valence electrons. The van der Waals surface area contributed by atoms with Crippen LogP contribution in [0.2, 0.25) is 0 Å². The molecular weight excluding hydrogens is 250 g/mol. The molecule has 1 fully saturated rings. The number of esters is 1. The van der Waals surface area contributed by atoms with E-state index in [1.165, 1.54) is 11.4 Å². The summed E-state index contributed by atoms with van der Waals surface area (Å²) in [5.41, 5.74) is 0. The number of carbonyl (C=O) groups excluding carboxylic acids is 1. The summed E-state index contributed by atoms with van der Waals surface area (Å²) in [7, 11) is -1.87. The van der Waals surface area contributed by atoms with E-state index in [9.17, 15) is 13.2 Å². The molecular formula is C9H17NO4S2. The Labute approximate surface area is 101 Å². The molecule has 7 heteroatoms. The third-order valence-electron chi connectivity index (χ3n) is 2.37. The molecule has 0 N–H and O–H groups in total.